The molecule has 0 saturated heterocycles. The number of fused-ring (bicyclic) bond motifs is 7. The van der Waals surface area contributed by atoms with Gasteiger partial charge in [0, 0.05) is 12.0 Å². The van der Waals surface area contributed by atoms with Crippen LogP contribution in [-0.2, 0) is 19.1 Å². The number of ether oxygens (including phenoxy) is 1. The maximum Gasteiger partial charge on any atom is 0.312 e. The molecule has 6 nitrogen and oxygen atoms in total. The van der Waals surface area contributed by atoms with E-state index in [9.17, 15) is 14.4 Å². The zero-order valence-electron chi connectivity index (χ0n) is 28.0. The second-order valence-corrected chi connectivity index (χ2v) is 16.7. The largest absolute Gasteiger partial charge is 0.469 e. The van der Waals surface area contributed by atoms with Crippen LogP contribution in [0.5, 0.6) is 0 Å². The molecule has 5 aliphatic rings. The van der Waals surface area contributed by atoms with E-state index >= 15 is 0 Å². The average Bonchev–Trinajstić information content (AvgIpc) is 2.93. The number of ketones is 1. The number of hydrogen-bond donors (Lipinski definition) is 1. The van der Waals surface area contributed by atoms with Gasteiger partial charge in [-0.15, -0.1) is 0 Å². The van der Waals surface area contributed by atoms with E-state index in [1.807, 2.05) is 14.1 Å². The van der Waals surface area contributed by atoms with Gasteiger partial charge in [-0.05, 0) is 125 Å². The van der Waals surface area contributed by atoms with E-state index in [2.05, 4.69) is 57.8 Å². The molecule has 0 spiro atoms. The Labute approximate surface area is 255 Å². The summed E-state index contributed by atoms with van der Waals surface area (Å²) in [6.45, 7) is 15.6. The Bertz CT molecular complexity index is 1140. The third-order valence-electron chi connectivity index (χ3n) is 14.1. The first-order chi connectivity index (χ1) is 19.6. The molecule has 1 amide bonds. The summed E-state index contributed by atoms with van der Waals surface area (Å²) in [4.78, 5) is 43.1. The van der Waals surface area contributed by atoms with Crippen molar-refractivity contribution in [2.75, 3.05) is 34.3 Å². The number of nitrogens with one attached hydrogen (secondary N) is 1. The highest BCUT2D eigenvalue weighted by Gasteiger charge is 2.70. The minimum Gasteiger partial charge on any atom is -0.469 e. The molecule has 42 heavy (non-hydrogen) atoms. The van der Waals surface area contributed by atoms with Crippen LogP contribution in [0.15, 0.2) is 11.6 Å². The topological polar surface area (TPSA) is 75.7 Å². The summed E-state index contributed by atoms with van der Waals surface area (Å²) in [6.07, 6.45) is 12.1. The predicted octanol–water partition coefficient (Wildman–Crippen LogP) is 6.43. The van der Waals surface area contributed by atoms with Gasteiger partial charge in [0.2, 0.25) is 5.91 Å². The molecule has 0 aromatic rings. The summed E-state index contributed by atoms with van der Waals surface area (Å²) in [5, 5.41) is 3.14. The van der Waals surface area contributed by atoms with Crippen LogP contribution in [0.3, 0.4) is 0 Å². The molecule has 1 N–H and O–H groups in total. The van der Waals surface area contributed by atoms with Crippen LogP contribution in [0.25, 0.3) is 0 Å². The quantitative estimate of drug-likeness (QED) is 0.169. The molecule has 0 aromatic carbocycles. The Balaban J connectivity index is 1.49. The molecule has 5 rings (SSSR count). The maximum absolute atomic E-state index is 13.9. The number of hydrogen-bond acceptors (Lipinski definition) is 5. The summed E-state index contributed by atoms with van der Waals surface area (Å²) in [6, 6.07) is 0. The van der Waals surface area contributed by atoms with Gasteiger partial charge in [0.1, 0.15) is 0 Å². The van der Waals surface area contributed by atoms with Crippen LogP contribution in [0, 0.1) is 56.7 Å². The van der Waals surface area contributed by atoms with Gasteiger partial charge in [0.15, 0.2) is 5.78 Å². The molecular formula is C36H58N2O4. The van der Waals surface area contributed by atoms with Gasteiger partial charge < -0.3 is 15.0 Å². The van der Waals surface area contributed by atoms with Crippen molar-refractivity contribution < 1.29 is 19.1 Å². The Morgan fingerprint density at radius 1 is 1.02 bits per heavy atom. The van der Waals surface area contributed by atoms with Gasteiger partial charge in [-0.25, -0.2) is 0 Å². The first-order valence-corrected chi connectivity index (χ1v) is 16.8. The molecule has 5 aliphatic carbocycles. The van der Waals surface area contributed by atoms with Gasteiger partial charge in [-0.3, -0.25) is 14.4 Å². The van der Waals surface area contributed by atoms with Crippen molar-refractivity contribution in [3.05, 3.63) is 11.6 Å². The molecule has 0 radical (unpaired) electrons. The number of rotatable bonds is 6. The maximum atomic E-state index is 13.9. The normalized spacial score (nSPS) is 44.2. The van der Waals surface area contributed by atoms with Crippen LogP contribution in [0.1, 0.15) is 106 Å². The van der Waals surface area contributed by atoms with E-state index in [4.69, 9.17) is 4.74 Å². The van der Waals surface area contributed by atoms with E-state index < -0.39 is 11.3 Å². The lowest BCUT2D eigenvalue weighted by Crippen LogP contribution is -2.66. The fourth-order valence-corrected chi connectivity index (χ4v) is 11.6. The third-order valence-corrected chi connectivity index (χ3v) is 14.1. The molecule has 0 aromatic heterocycles. The zero-order valence-corrected chi connectivity index (χ0v) is 28.0. The number of methoxy groups -OCH3 is 1. The van der Waals surface area contributed by atoms with E-state index in [1.54, 1.807) is 7.11 Å². The Kier molecular flexibility index (Phi) is 8.11. The van der Waals surface area contributed by atoms with Gasteiger partial charge in [0.05, 0.1) is 18.4 Å². The number of Topliss-reactive ketones (excluding diaryl/α,β-unsaturated/α-hetero) is 1. The fourth-order valence-electron chi connectivity index (χ4n) is 11.6. The van der Waals surface area contributed by atoms with Crippen molar-refractivity contribution in [2.45, 2.75) is 106 Å². The Morgan fingerprint density at radius 2 is 1.74 bits per heavy atom. The van der Waals surface area contributed by atoms with Crippen molar-refractivity contribution in [3.8, 4) is 0 Å². The first-order valence-electron chi connectivity index (χ1n) is 16.8. The standard InChI is InChI=1S/C36H58N2O4/c1-23-13-16-36(31(41)42-9)18-17-34(5)25(26(36)21-23)11-12-28-33(4)22-24(30(40)37-19-10-20-38(7)8)29(39)32(2,3)27(33)14-15-35(28,34)6/h11,23-24,26-28H,10,12-22H2,1-9H3,(H,37,40)/t23?,24?,26?,27?,28?,33?,34-,35?,36+/m1/s1. The Hall–Kier alpha value is -1.69. The summed E-state index contributed by atoms with van der Waals surface area (Å²) < 4.78 is 5.49. The second kappa shape index (κ2) is 10.7. The highest BCUT2D eigenvalue weighted by atomic mass is 16.5. The highest BCUT2D eigenvalue weighted by Crippen LogP contribution is 2.75. The van der Waals surface area contributed by atoms with Crippen LogP contribution in [0.4, 0.5) is 0 Å². The smallest absolute Gasteiger partial charge is 0.312 e. The molecule has 4 saturated carbocycles. The molecule has 0 aliphatic heterocycles. The molecule has 0 bridgehead atoms. The van der Waals surface area contributed by atoms with E-state index in [0.29, 0.717) is 24.8 Å². The molecule has 6 heteroatoms. The van der Waals surface area contributed by atoms with Crippen molar-refractivity contribution in [1.82, 2.24) is 10.2 Å². The highest BCUT2D eigenvalue weighted by molar-refractivity contribution is 6.04. The summed E-state index contributed by atoms with van der Waals surface area (Å²) >= 11 is 0. The summed E-state index contributed by atoms with van der Waals surface area (Å²) in [5.41, 5.74) is 0.542. The van der Waals surface area contributed by atoms with Crippen LogP contribution in [-0.4, -0.2) is 56.9 Å². The molecule has 9 atom stereocenters. The van der Waals surface area contributed by atoms with Gasteiger partial charge in [-0.1, -0.05) is 53.2 Å². The first kappa shape index (κ1) is 31.7. The summed E-state index contributed by atoms with van der Waals surface area (Å²) in [5.74, 6) is 0.982. The lowest BCUT2D eigenvalue weighted by molar-refractivity contribution is -0.195. The van der Waals surface area contributed by atoms with Crippen LogP contribution < -0.4 is 5.32 Å². The molecule has 4 fully saturated rings. The zero-order chi connectivity index (χ0) is 30.9. The van der Waals surface area contributed by atoms with Crippen molar-refractivity contribution in [2.24, 2.45) is 56.7 Å². The Morgan fingerprint density at radius 3 is 2.40 bits per heavy atom. The number of allylic oxidation sites excluding steroid dienone is 2. The van der Waals surface area contributed by atoms with E-state index in [-0.39, 0.29) is 51.2 Å². The number of esters is 1. The molecule has 7 unspecified atom stereocenters. The number of carbonyl (C=O) groups is 3. The van der Waals surface area contributed by atoms with Crippen LogP contribution in [0.2, 0.25) is 0 Å². The van der Waals surface area contributed by atoms with Gasteiger partial charge >= 0.3 is 5.97 Å². The van der Waals surface area contributed by atoms with Crippen LogP contribution >= 0.6 is 0 Å². The summed E-state index contributed by atoms with van der Waals surface area (Å²) in [7, 11) is 5.64. The monoisotopic (exact) mass is 582 g/mol. The minimum absolute atomic E-state index is 0.00131. The van der Waals surface area contributed by atoms with Crippen molar-refractivity contribution in [1.29, 1.82) is 0 Å². The average molecular weight is 583 g/mol. The fraction of sp³-hybridized carbons (Fsp3) is 0.861. The number of carbonyl (C=O) groups excluding carboxylic acids is 3. The molecule has 236 valence electrons. The predicted molar refractivity (Wildman–Crippen MR) is 166 cm³/mol. The second-order valence-electron chi connectivity index (χ2n) is 16.7. The lowest BCUT2D eigenvalue weighted by Gasteiger charge is -2.70. The third kappa shape index (κ3) is 4.46. The number of nitrogens with zero attached hydrogens (tertiary/aromatic N) is 1. The van der Waals surface area contributed by atoms with E-state index in [0.717, 1.165) is 64.3 Å². The van der Waals surface area contributed by atoms with Gasteiger partial charge in [0.25, 0.3) is 0 Å². The number of amides is 1. The molecular weight excluding hydrogens is 524 g/mol. The minimum atomic E-state index is -0.585. The van der Waals surface area contributed by atoms with Crippen molar-refractivity contribution in [3.63, 3.8) is 0 Å². The van der Waals surface area contributed by atoms with E-state index in [1.165, 1.54) is 5.57 Å². The van der Waals surface area contributed by atoms with Gasteiger partial charge in [-0.2, -0.15) is 0 Å². The van der Waals surface area contributed by atoms with Crippen molar-refractivity contribution >= 4 is 17.7 Å². The molecule has 0 heterocycles. The lowest BCUT2D eigenvalue weighted by atomic mass is 9.33. The SMILES string of the molecule is COC(=O)[C@]12CCC(C)CC1C1=CCC3C4(C)CC(C(=O)NCCCN(C)C)C(=O)C(C)(C)C4CCC3(C)[C@]1(C)CC2.